The number of nitrogens with one attached hydrogen (secondary N) is 1. The van der Waals surface area contributed by atoms with Crippen LogP contribution >= 0.6 is 0 Å². The Morgan fingerprint density at radius 2 is 1.77 bits per heavy atom. The molecule has 1 N–H and O–H groups in total. The smallest absolute Gasteiger partial charge is 0.410 e. The first-order valence-corrected chi connectivity index (χ1v) is 10.5. The van der Waals surface area contributed by atoms with E-state index in [0.717, 1.165) is 18.8 Å². The Bertz CT molecular complexity index is 852. The molecule has 0 atom stereocenters. The molecule has 168 valence electrons. The molecule has 0 bridgehead atoms. The molecule has 8 heteroatoms. The van der Waals surface area contributed by atoms with Gasteiger partial charge in [-0.1, -0.05) is 18.2 Å². The zero-order valence-electron chi connectivity index (χ0n) is 18.4. The van der Waals surface area contributed by atoms with Gasteiger partial charge in [-0.3, -0.25) is 9.69 Å². The van der Waals surface area contributed by atoms with Crippen molar-refractivity contribution < 1.29 is 23.5 Å². The zero-order valence-corrected chi connectivity index (χ0v) is 18.4. The van der Waals surface area contributed by atoms with E-state index < -0.39 is 5.60 Å². The third-order valence-electron chi connectivity index (χ3n) is 4.83. The van der Waals surface area contributed by atoms with Crippen LogP contribution in [0.2, 0.25) is 0 Å². The Morgan fingerprint density at radius 1 is 1.06 bits per heavy atom. The maximum atomic E-state index is 12.5. The molecular formula is C23H31N3O5. The highest BCUT2D eigenvalue weighted by atomic mass is 16.6. The molecule has 8 nitrogen and oxygen atoms in total. The van der Waals surface area contributed by atoms with Gasteiger partial charge in [0.1, 0.15) is 18.0 Å². The zero-order chi connectivity index (χ0) is 22.3. The molecule has 0 saturated carbocycles. The van der Waals surface area contributed by atoms with Crippen molar-refractivity contribution in [2.45, 2.75) is 33.0 Å². The van der Waals surface area contributed by atoms with E-state index in [1.54, 1.807) is 11.0 Å². The summed E-state index contributed by atoms with van der Waals surface area (Å²) in [4.78, 5) is 28.6. The molecule has 3 rings (SSSR count). The van der Waals surface area contributed by atoms with Crippen LogP contribution in [0.5, 0.6) is 5.75 Å². The lowest BCUT2D eigenvalue weighted by molar-refractivity contribution is 0.0147. The van der Waals surface area contributed by atoms with E-state index in [1.165, 1.54) is 6.26 Å². The Hall–Kier alpha value is -3.00. The van der Waals surface area contributed by atoms with Gasteiger partial charge in [0.05, 0.1) is 6.26 Å². The summed E-state index contributed by atoms with van der Waals surface area (Å²) in [5.74, 6) is 0.746. The molecule has 0 radical (unpaired) electrons. The number of ether oxygens (including phenoxy) is 2. The molecule has 2 heterocycles. The molecule has 0 spiro atoms. The van der Waals surface area contributed by atoms with Crippen molar-refractivity contribution >= 4 is 12.0 Å². The number of para-hydroxylation sites is 1. The second kappa shape index (κ2) is 10.3. The van der Waals surface area contributed by atoms with Crippen LogP contribution in [0.1, 0.15) is 36.9 Å². The van der Waals surface area contributed by atoms with Gasteiger partial charge in [0.15, 0.2) is 5.76 Å². The maximum Gasteiger partial charge on any atom is 0.410 e. The molecule has 31 heavy (non-hydrogen) atoms. The lowest BCUT2D eigenvalue weighted by Gasteiger charge is -2.35. The average Bonchev–Trinajstić information content (AvgIpc) is 3.21. The first kappa shape index (κ1) is 22.7. The summed E-state index contributed by atoms with van der Waals surface area (Å²) in [7, 11) is 0. The van der Waals surface area contributed by atoms with Crippen LogP contribution in [0.15, 0.2) is 47.1 Å². The first-order valence-electron chi connectivity index (χ1n) is 10.5. The second-order valence-corrected chi connectivity index (χ2v) is 8.44. The number of carbonyl (C=O) groups excluding carboxylic acids is 2. The van der Waals surface area contributed by atoms with Crippen molar-refractivity contribution in [3.8, 4) is 5.75 Å². The molecule has 1 aromatic heterocycles. The SMILES string of the molecule is CC(C)(C)OC(=O)N1CCN(CCNC(=O)c2occc2COc2ccccc2)CC1. The second-order valence-electron chi connectivity index (χ2n) is 8.44. The van der Waals surface area contributed by atoms with Crippen LogP contribution < -0.4 is 10.1 Å². The summed E-state index contributed by atoms with van der Waals surface area (Å²) >= 11 is 0. The highest BCUT2D eigenvalue weighted by Crippen LogP contribution is 2.16. The van der Waals surface area contributed by atoms with Crippen LogP contribution in [0.4, 0.5) is 4.79 Å². The Kier molecular flexibility index (Phi) is 7.57. The van der Waals surface area contributed by atoms with Gasteiger partial charge in [0, 0.05) is 44.8 Å². The van der Waals surface area contributed by atoms with Gasteiger partial charge in [-0.25, -0.2) is 4.79 Å². The lowest BCUT2D eigenvalue weighted by atomic mass is 10.2. The predicted molar refractivity (Wildman–Crippen MR) is 116 cm³/mol. The van der Waals surface area contributed by atoms with Crippen molar-refractivity contribution in [1.29, 1.82) is 0 Å². The van der Waals surface area contributed by atoms with Crippen molar-refractivity contribution in [2.75, 3.05) is 39.3 Å². The molecular weight excluding hydrogens is 398 g/mol. The van der Waals surface area contributed by atoms with Gasteiger partial charge in [-0.15, -0.1) is 0 Å². The summed E-state index contributed by atoms with van der Waals surface area (Å²) in [6.07, 6.45) is 1.22. The highest BCUT2D eigenvalue weighted by Gasteiger charge is 2.25. The Balaban J connectivity index is 1.38. The molecule has 1 fully saturated rings. The topological polar surface area (TPSA) is 84.3 Å². The van der Waals surface area contributed by atoms with E-state index in [9.17, 15) is 9.59 Å². The van der Waals surface area contributed by atoms with E-state index in [0.29, 0.717) is 31.7 Å². The first-order chi connectivity index (χ1) is 14.8. The fraction of sp³-hybridized carbons (Fsp3) is 0.478. The van der Waals surface area contributed by atoms with Crippen molar-refractivity contribution in [1.82, 2.24) is 15.1 Å². The third-order valence-corrected chi connectivity index (χ3v) is 4.83. The van der Waals surface area contributed by atoms with E-state index >= 15 is 0 Å². The van der Waals surface area contributed by atoms with Crippen molar-refractivity contribution in [2.24, 2.45) is 0 Å². The maximum absolute atomic E-state index is 12.5. The number of hydrogen-bond acceptors (Lipinski definition) is 6. The molecule has 0 aliphatic carbocycles. The van der Waals surface area contributed by atoms with Crippen LogP contribution in [0, 0.1) is 0 Å². The van der Waals surface area contributed by atoms with Gasteiger partial charge in [0.25, 0.3) is 5.91 Å². The Morgan fingerprint density at radius 3 is 2.45 bits per heavy atom. The lowest BCUT2D eigenvalue weighted by Crippen LogP contribution is -2.51. The summed E-state index contributed by atoms with van der Waals surface area (Å²) < 4.78 is 16.5. The fourth-order valence-corrected chi connectivity index (χ4v) is 3.21. The number of benzene rings is 1. The number of hydrogen-bond donors (Lipinski definition) is 1. The van der Waals surface area contributed by atoms with Gasteiger partial charge in [0.2, 0.25) is 0 Å². The summed E-state index contributed by atoms with van der Waals surface area (Å²) in [6.45, 7) is 9.75. The van der Waals surface area contributed by atoms with Crippen LogP contribution in [0.25, 0.3) is 0 Å². The monoisotopic (exact) mass is 429 g/mol. The van der Waals surface area contributed by atoms with Crippen LogP contribution in [0.3, 0.4) is 0 Å². The molecule has 1 aliphatic heterocycles. The number of nitrogens with zero attached hydrogens (tertiary/aromatic N) is 2. The number of rotatable bonds is 7. The summed E-state index contributed by atoms with van der Waals surface area (Å²) in [6, 6.07) is 11.2. The summed E-state index contributed by atoms with van der Waals surface area (Å²) in [5, 5.41) is 2.90. The quantitative estimate of drug-likeness (QED) is 0.728. The number of carbonyl (C=O) groups is 2. The minimum atomic E-state index is -0.491. The fourth-order valence-electron chi connectivity index (χ4n) is 3.21. The van der Waals surface area contributed by atoms with Gasteiger partial charge in [-0.05, 0) is 39.0 Å². The standard InChI is InChI=1S/C23H31N3O5/c1-23(2,3)31-22(28)26-14-12-25(13-15-26)11-10-24-21(27)20-18(9-16-29-20)17-30-19-7-5-4-6-8-19/h4-9,16H,10-15,17H2,1-3H3,(H,24,27). The van der Waals surface area contributed by atoms with Crippen molar-refractivity contribution in [3.63, 3.8) is 0 Å². The molecule has 1 aromatic carbocycles. The van der Waals surface area contributed by atoms with Crippen LogP contribution in [-0.2, 0) is 11.3 Å². The van der Waals surface area contributed by atoms with Gasteiger partial charge >= 0.3 is 6.09 Å². The predicted octanol–water partition coefficient (Wildman–Crippen LogP) is 3.14. The molecule has 2 amide bonds. The molecule has 1 aliphatic rings. The largest absolute Gasteiger partial charge is 0.489 e. The average molecular weight is 430 g/mol. The Labute approximate surface area is 183 Å². The molecule has 1 saturated heterocycles. The number of furan rings is 1. The van der Waals surface area contributed by atoms with E-state index in [1.807, 2.05) is 51.1 Å². The highest BCUT2D eigenvalue weighted by molar-refractivity contribution is 5.92. The van der Waals surface area contributed by atoms with E-state index in [2.05, 4.69) is 10.2 Å². The number of amides is 2. The molecule has 2 aromatic rings. The molecule has 0 unspecified atom stereocenters. The number of piperazine rings is 1. The third kappa shape index (κ3) is 7.03. The normalized spacial score (nSPS) is 14.9. The summed E-state index contributed by atoms with van der Waals surface area (Å²) in [5.41, 5.74) is 0.210. The van der Waals surface area contributed by atoms with Gasteiger partial charge in [-0.2, -0.15) is 0 Å². The van der Waals surface area contributed by atoms with E-state index in [4.69, 9.17) is 13.9 Å². The van der Waals surface area contributed by atoms with E-state index in [-0.39, 0.29) is 24.4 Å². The minimum Gasteiger partial charge on any atom is -0.489 e. The van der Waals surface area contributed by atoms with Gasteiger partial charge < -0.3 is 24.1 Å². The minimum absolute atomic E-state index is 0.260. The van der Waals surface area contributed by atoms with Crippen molar-refractivity contribution in [3.05, 3.63) is 54.0 Å². The van der Waals surface area contributed by atoms with Crippen LogP contribution in [-0.4, -0.2) is 66.7 Å².